The second kappa shape index (κ2) is 7.55. The number of rotatable bonds is 6. The third-order valence-corrected chi connectivity index (χ3v) is 4.34. The Morgan fingerprint density at radius 2 is 1.70 bits per heavy atom. The van der Waals surface area contributed by atoms with E-state index in [0.717, 1.165) is 11.1 Å². The third-order valence-electron chi connectivity index (χ3n) is 4.34. The molecule has 2 heterocycles. The summed E-state index contributed by atoms with van der Waals surface area (Å²) in [5, 5.41) is 3.97. The summed E-state index contributed by atoms with van der Waals surface area (Å²) in [6, 6.07) is 20.1. The normalized spacial score (nSPS) is 12.4. The first-order chi connectivity index (χ1) is 13.2. The Hall–Kier alpha value is -3.25. The molecule has 136 valence electrons. The van der Waals surface area contributed by atoms with Gasteiger partial charge >= 0.3 is 0 Å². The zero-order valence-corrected chi connectivity index (χ0v) is 14.7. The van der Waals surface area contributed by atoms with Crippen molar-refractivity contribution in [2.75, 3.05) is 7.05 Å². The fourth-order valence-corrected chi connectivity index (χ4v) is 3.11. The lowest BCUT2D eigenvalue weighted by Gasteiger charge is -2.27. The summed E-state index contributed by atoms with van der Waals surface area (Å²) in [5.74, 6) is 1.20. The first-order valence-electron chi connectivity index (χ1n) is 8.58. The molecule has 2 aromatic carbocycles. The zero-order chi connectivity index (χ0) is 18.6. The highest BCUT2D eigenvalue weighted by Gasteiger charge is 2.22. The van der Waals surface area contributed by atoms with E-state index < -0.39 is 0 Å². The lowest BCUT2D eigenvalue weighted by Crippen LogP contribution is -2.25. The average Bonchev–Trinajstić information content (AvgIpc) is 3.36. The van der Waals surface area contributed by atoms with Crippen LogP contribution in [0, 0.1) is 5.82 Å². The van der Waals surface area contributed by atoms with Crippen molar-refractivity contribution in [2.24, 2.45) is 0 Å². The van der Waals surface area contributed by atoms with Crippen molar-refractivity contribution in [2.45, 2.75) is 12.6 Å². The summed E-state index contributed by atoms with van der Waals surface area (Å²) in [6.07, 6.45) is 1.57. The molecule has 0 aliphatic rings. The quantitative estimate of drug-likeness (QED) is 0.497. The molecule has 0 N–H and O–H groups in total. The minimum absolute atomic E-state index is 0.0780. The molecule has 0 saturated heterocycles. The second-order valence-corrected chi connectivity index (χ2v) is 6.27. The van der Waals surface area contributed by atoms with Crippen molar-refractivity contribution in [3.63, 3.8) is 0 Å². The number of hydrogen-bond acceptors (Lipinski definition) is 5. The number of nitrogens with zero attached hydrogens (tertiary/aromatic N) is 3. The molecule has 0 bridgehead atoms. The molecule has 27 heavy (non-hydrogen) atoms. The standard InChI is InChI=1S/C21H18FN3O2/c1-25(14-19-23-21(24-27-19)18-8-5-13-26-18)20(15-6-3-2-4-7-15)16-9-11-17(22)12-10-16/h2-13,20H,14H2,1H3. The zero-order valence-electron chi connectivity index (χ0n) is 14.7. The van der Waals surface area contributed by atoms with Gasteiger partial charge in [-0.15, -0.1) is 0 Å². The smallest absolute Gasteiger partial charge is 0.241 e. The van der Waals surface area contributed by atoms with Gasteiger partial charge in [-0.3, -0.25) is 4.90 Å². The lowest BCUT2D eigenvalue weighted by molar-refractivity contribution is 0.229. The summed E-state index contributed by atoms with van der Waals surface area (Å²) in [6.45, 7) is 0.435. The molecule has 0 radical (unpaired) electrons. The van der Waals surface area contributed by atoms with Crippen LogP contribution in [0.15, 0.2) is 81.9 Å². The first kappa shape index (κ1) is 17.2. The summed E-state index contributed by atoms with van der Waals surface area (Å²) < 4.78 is 24.1. The lowest BCUT2D eigenvalue weighted by atomic mass is 9.97. The predicted octanol–water partition coefficient (Wildman–Crippen LogP) is 4.69. The molecule has 5 nitrogen and oxygen atoms in total. The van der Waals surface area contributed by atoms with Gasteiger partial charge in [-0.05, 0) is 42.4 Å². The Bertz CT molecular complexity index is 982. The van der Waals surface area contributed by atoms with Crippen LogP contribution in [-0.4, -0.2) is 22.1 Å². The summed E-state index contributed by atoms with van der Waals surface area (Å²) >= 11 is 0. The molecular formula is C21H18FN3O2. The van der Waals surface area contributed by atoms with Crippen LogP contribution in [0.2, 0.25) is 0 Å². The van der Waals surface area contributed by atoms with E-state index in [2.05, 4.69) is 15.0 Å². The first-order valence-corrected chi connectivity index (χ1v) is 8.58. The van der Waals surface area contributed by atoms with Gasteiger partial charge in [-0.1, -0.05) is 47.6 Å². The second-order valence-electron chi connectivity index (χ2n) is 6.27. The topological polar surface area (TPSA) is 55.3 Å². The maximum atomic E-state index is 13.4. The van der Waals surface area contributed by atoms with Crippen LogP contribution < -0.4 is 0 Å². The van der Waals surface area contributed by atoms with Crippen molar-refractivity contribution in [1.29, 1.82) is 0 Å². The molecule has 4 aromatic rings. The van der Waals surface area contributed by atoms with Crippen LogP contribution in [-0.2, 0) is 6.54 Å². The minimum Gasteiger partial charge on any atom is -0.461 e. The van der Waals surface area contributed by atoms with Gasteiger partial charge in [0.25, 0.3) is 0 Å². The van der Waals surface area contributed by atoms with Crippen LogP contribution in [0.4, 0.5) is 4.39 Å². The van der Waals surface area contributed by atoms with E-state index in [1.165, 1.54) is 12.1 Å². The highest BCUT2D eigenvalue weighted by Crippen LogP contribution is 2.29. The van der Waals surface area contributed by atoms with E-state index in [4.69, 9.17) is 8.94 Å². The van der Waals surface area contributed by atoms with Crippen LogP contribution in [0.25, 0.3) is 11.6 Å². The molecular weight excluding hydrogens is 345 g/mol. The third kappa shape index (κ3) is 3.80. The van der Waals surface area contributed by atoms with E-state index >= 15 is 0 Å². The van der Waals surface area contributed by atoms with Gasteiger partial charge in [-0.2, -0.15) is 4.98 Å². The summed E-state index contributed by atoms with van der Waals surface area (Å²) in [5.41, 5.74) is 2.08. The SMILES string of the molecule is CN(Cc1nc(-c2ccco2)no1)C(c1ccccc1)c1ccc(F)cc1. The van der Waals surface area contributed by atoms with E-state index in [1.54, 1.807) is 30.5 Å². The molecule has 0 fully saturated rings. The maximum Gasteiger partial charge on any atom is 0.241 e. The maximum absolute atomic E-state index is 13.4. The molecule has 6 heteroatoms. The molecule has 0 amide bonds. The minimum atomic E-state index is -0.256. The molecule has 0 spiro atoms. The monoisotopic (exact) mass is 363 g/mol. The summed E-state index contributed by atoms with van der Waals surface area (Å²) in [7, 11) is 1.97. The Kier molecular flexibility index (Phi) is 4.80. The average molecular weight is 363 g/mol. The molecule has 0 aliphatic carbocycles. The van der Waals surface area contributed by atoms with Gasteiger partial charge in [0.1, 0.15) is 5.82 Å². The van der Waals surface area contributed by atoms with Gasteiger partial charge in [0.05, 0.1) is 18.8 Å². The van der Waals surface area contributed by atoms with Gasteiger partial charge in [0.2, 0.25) is 11.7 Å². The largest absolute Gasteiger partial charge is 0.461 e. The number of hydrogen-bond donors (Lipinski definition) is 0. The number of aromatic nitrogens is 2. The molecule has 0 saturated carbocycles. The van der Waals surface area contributed by atoms with Crippen LogP contribution in [0.5, 0.6) is 0 Å². The highest BCUT2D eigenvalue weighted by molar-refractivity contribution is 5.44. The van der Waals surface area contributed by atoms with Crippen molar-refractivity contribution in [3.8, 4) is 11.6 Å². The number of halogens is 1. The number of furan rings is 1. The van der Waals surface area contributed by atoms with Crippen molar-refractivity contribution < 1.29 is 13.3 Å². The van der Waals surface area contributed by atoms with Crippen molar-refractivity contribution >= 4 is 0 Å². The van der Waals surface area contributed by atoms with E-state index in [1.807, 2.05) is 37.4 Å². The molecule has 1 unspecified atom stereocenters. The van der Waals surface area contributed by atoms with Gasteiger partial charge in [0, 0.05) is 0 Å². The van der Waals surface area contributed by atoms with Gasteiger partial charge < -0.3 is 8.94 Å². The molecule has 2 aromatic heterocycles. The van der Waals surface area contributed by atoms with E-state index in [9.17, 15) is 4.39 Å². The van der Waals surface area contributed by atoms with Gasteiger partial charge in [0.15, 0.2) is 5.76 Å². The molecule has 1 atom stereocenters. The predicted molar refractivity (Wildman–Crippen MR) is 98.2 cm³/mol. The van der Waals surface area contributed by atoms with Gasteiger partial charge in [-0.25, -0.2) is 4.39 Å². The Morgan fingerprint density at radius 1 is 0.963 bits per heavy atom. The van der Waals surface area contributed by atoms with E-state index in [0.29, 0.717) is 24.0 Å². The highest BCUT2D eigenvalue weighted by atomic mass is 19.1. The Balaban J connectivity index is 1.61. The Morgan fingerprint density at radius 3 is 2.41 bits per heavy atom. The van der Waals surface area contributed by atoms with Crippen LogP contribution >= 0.6 is 0 Å². The summed E-state index contributed by atoms with van der Waals surface area (Å²) in [4.78, 5) is 6.49. The number of benzene rings is 2. The molecule has 4 rings (SSSR count). The fourth-order valence-electron chi connectivity index (χ4n) is 3.11. The van der Waals surface area contributed by atoms with E-state index in [-0.39, 0.29) is 11.9 Å². The Labute approximate surface area is 156 Å². The van der Waals surface area contributed by atoms with Crippen molar-refractivity contribution in [1.82, 2.24) is 15.0 Å². The van der Waals surface area contributed by atoms with Crippen LogP contribution in [0.3, 0.4) is 0 Å². The van der Waals surface area contributed by atoms with Crippen molar-refractivity contribution in [3.05, 3.63) is 95.8 Å². The fraction of sp³-hybridized carbons (Fsp3) is 0.143. The molecule has 0 aliphatic heterocycles. The van der Waals surface area contributed by atoms with Crippen LogP contribution in [0.1, 0.15) is 23.1 Å².